The van der Waals surface area contributed by atoms with Gasteiger partial charge in [0.05, 0.1) is 0 Å². The fourth-order valence-corrected chi connectivity index (χ4v) is 1.86. The molecule has 3 N–H and O–H groups in total. The van der Waals surface area contributed by atoms with E-state index in [2.05, 4.69) is 5.32 Å². The van der Waals surface area contributed by atoms with E-state index in [0.717, 1.165) is 38.2 Å². The third-order valence-corrected chi connectivity index (χ3v) is 2.78. The van der Waals surface area contributed by atoms with Crippen molar-refractivity contribution in [2.45, 2.75) is 6.42 Å². The first kappa shape index (κ1) is 11.0. The second-order valence-electron chi connectivity index (χ2n) is 4.02. The molecule has 0 radical (unpaired) electrons. The molecule has 0 saturated carbocycles. The Morgan fingerprint density at radius 2 is 1.94 bits per heavy atom. The maximum atomic E-state index is 12.1. The molecular weight excluding hydrogens is 202 g/mol. The van der Waals surface area contributed by atoms with Crippen molar-refractivity contribution < 1.29 is 4.79 Å². The van der Waals surface area contributed by atoms with Gasteiger partial charge in [-0.05, 0) is 37.2 Å². The zero-order valence-corrected chi connectivity index (χ0v) is 9.28. The van der Waals surface area contributed by atoms with Crippen LogP contribution in [0.5, 0.6) is 0 Å². The van der Waals surface area contributed by atoms with E-state index in [-0.39, 0.29) is 5.91 Å². The molecule has 4 heteroatoms. The normalized spacial score (nSPS) is 16.9. The number of nitrogens with one attached hydrogen (secondary N) is 1. The first-order valence-electron chi connectivity index (χ1n) is 5.63. The standard InChI is InChI=1S/C12H17N3O/c13-11-4-2-10(3-5-11)12(16)15-8-1-6-14-7-9-15/h2-5,14H,1,6-9,13H2. The van der Waals surface area contributed by atoms with Crippen LogP contribution in [0.3, 0.4) is 0 Å². The number of carbonyl (C=O) groups excluding carboxylic acids is 1. The monoisotopic (exact) mass is 219 g/mol. The first-order chi connectivity index (χ1) is 7.77. The molecular formula is C12H17N3O. The van der Waals surface area contributed by atoms with Gasteiger partial charge in [-0.2, -0.15) is 0 Å². The van der Waals surface area contributed by atoms with Crippen LogP contribution in [0.25, 0.3) is 0 Å². The van der Waals surface area contributed by atoms with Gasteiger partial charge < -0.3 is 16.0 Å². The van der Waals surface area contributed by atoms with Gasteiger partial charge in [-0.25, -0.2) is 0 Å². The Kier molecular flexibility index (Phi) is 3.41. The van der Waals surface area contributed by atoms with E-state index >= 15 is 0 Å². The summed E-state index contributed by atoms with van der Waals surface area (Å²) in [6.07, 6.45) is 1.01. The molecule has 0 bridgehead atoms. The van der Waals surface area contributed by atoms with Gasteiger partial charge in [0.2, 0.25) is 0 Å². The highest BCUT2D eigenvalue weighted by Gasteiger charge is 2.16. The van der Waals surface area contributed by atoms with E-state index in [1.165, 1.54) is 0 Å². The number of nitrogen functional groups attached to an aromatic ring is 1. The molecule has 16 heavy (non-hydrogen) atoms. The van der Waals surface area contributed by atoms with Gasteiger partial charge in [-0.15, -0.1) is 0 Å². The predicted molar refractivity (Wildman–Crippen MR) is 64.2 cm³/mol. The predicted octanol–water partition coefficient (Wildman–Crippen LogP) is 0.704. The van der Waals surface area contributed by atoms with Gasteiger partial charge >= 0.3 is 0 Å². The van der Waals surface area contributed by atoms with E-state index < -0.39 is 0 Å². The lowest BCUT2D eigenvalue weighted by atomic mass is 10.2. The lowest BCUT2D eigenvalue weighted by Crippen LogP contribution is -2.34. The SMILES string of the molecule is Nc1ccc(C(=O)N2CCCNCC2)cc1. The molecule has 1 aromatic carbocycles. The highest BCUT2D eigenvalue weighted by atomic mass is 16.2. The lowest BCUT2D eigenvalue weighted by molar-refractivity contribution is 0.0766. The molecule has 0 aromatic heterocycles. The van der Waals surface area contributed by atoms with Gasteiger partial charge in [-0.3, -0.25) is 4.79 Å². The van der Waals surface area contributed by atoms with Crippen LogP contribution in [0.1, 0.15) is 16.8 Å². The van der Waals surface area contributed by atoms with Crippen molar-refractivity contribution in [3.8, 4) is 0 Å². The second kappa shape index (κ2) is 4.99. The molecule has 2 rings (SSSR count). The third kappa shape index (κ3) is 2.52. The van der Waals surface area contributed by atoms with Crippen LogP contribution in [0.15, 0.2) is 24.3 Å². The molecule has 1 saturated heterocycles. The van der Waals surface area contributed by atoms with E-state index in [1.807, 2.05) is 4.90 Å². The summed E-state index contributed by atoms with van der Waals surface area (Å²) in [6.45, 7) is 3.48. The number of rotatable bonds is 1. The lowest BCUT2D eigenvalue weighted by Gasteiger charge is -2.19. The Labute approximate surface area is 95.4 Å². The molecule has 86 valence electrons. The minimum absolute atomic E-state index is 0.101. The average molecular weight is 219 g/mol. The molecule has 1 heterocycles. The zero-order chi connectivity index (χ0) is 11.4. The maximum absolute atomic E-state index is 12.1. The Hall–Kier alpha value is -1.55. The molecule has 0 unspecified atom stereocenters. The number of benzene rings is 1. The summed E-state index contributed by atoms with van der Waals surface area (Å²) in [5.41, 5.74) is 7.00. The van der Waals surface area contributed by atoms with Crippen LogP contribution in [-0.2, 0) is 0 Å². The van der Waals surface area contributed by atoms with Crippen molar-refractivity contribution in [3.05, 3.63) is 29.8 Å². The van der Waals surface area contributed by atoms with Crippen LogP contribution in [0, 0.1) is 0 Å². The summed E-state index contributed by atoms with van der Waals surface area (Å²) in [6, 6.07) is 7.11. The third-order valence-electron chi connectivity index (χ3n) is 2.78. The summed E-state index contributed by atoms with van der Waals surface area (Å²) < 4.78 is 0. The van der Waals surface area contributed by atoms with Crippen molar-refractivity contribution >= 4 is 11.6 Å². The number of hydrogen-bond donors (Lipinski definition) is 2. The van der Waals surface area contributed by atoms with Crippen LogP contribution in [0.4, 0.5) is 5.69 Å². The number of amides is 1. The molecule has 0 atom stereocenters. The van der Waals surface area contributed by atoms with Gasteiger partial charge in [-0.1, -0.05) is 0 Å². The number of hydrogen-bond acceptors (Lipinski definition) is 3. The van der Waals surface area contributed by atoms with Crippen molar-refractivity contribution in [3.63, 3.8) is 0 Å². The average Bonchev–Trinajstić information content (AvgIpc) is 2.57. The minimum atomic E-state index is 0.101. The summed E-state index contributed by atoms with van der Waals surface area (Å²) in [5.74, 6) is 0.101. The highest BCUT2D eigenvalue weighted by molar-refractivity contribution is 5.94. The summed E-state index contributed by atoms with van der Waals surface area (Å²) in [5, 5.41) is 3.28. The molecule has 0 aliphatic carbocycles. The van der Waals surface area contributed by atoms with Crippen molar-refractivity contribution in [2.24, 2.45) is 0 Å². The molecule has 1 aliphatic heterocycles. The van der Waals surface area contributed by atoms with Crippen LogP contribution < -0.4 is 11.1 Å². The number of carbonyl (C=O) groups is 1. The summed E-state index contributed by atoms with van der Waals surface area (Å²) >= 11 is 0. The van der Waals surface area contributed by atoms with Crippen LogP contribution in [-0.4, -0.2) is 37.0 Å². The van der Waals surface area contributed by atoms with Crippen LogP contribution >= 0.6 is 0 Å². The Morgan fingerprint density at radius 1 is 1.19 bits per heavy atom. The number of nitrogens with zero attached hydrogens (tertiary/aromatic N) is 1. The van der Waals surface area contributed by atoms with Gasteiger partial charge in [0, 0.05) is 30.9 Å². The van der Waals surface area contributed by atoms with E-state index in [9.17, 15) is 4.79 Å². The Balaban J connectivity index is 2.08. The molecule has 1 fully saturated rings. The fourth-order valence-electron chi connectivity index (χ4n) is 1.86. The number of nitrogens with two attached hydrogens (primary N) is 1. The van der Waals surface area contributed by atoms with Crippen LogP contribution in [0.2, 0.25) is 0 Å². The van der Waals surface area contributed by atoms with Crippen molar-refractivity contribution in [1.82, 2.24) is 10.2 Å². The maximum Gasteiger partial charge on any atom is 0.253 e. The minimum Gasteiger partial charge on any atom is -0.399 e. The van der Waals surface area contributed by atoms with E-state index in [1.54, 1.807) is 24.3 Å². The van der Waals surface area contributed by atoms with Crippen molar-refractivity contribution in [1.29, 1.82) is 0 Å². The van der Waals surface area contributed by atoms with E-state index in [0.29, 0.717) is 5.69 Å². The smallest absolute Gasteiger partial charge is 0.253 e. The highest BCUT2D eigenvalue weighted by Crippen LogP contribution is 2.09. The quantitative estimate of drug-likeness (QED) is 0.684. The summed E-state index contributed by atoms with van der Waals surface area (Å²) in [4.78, 5) is 14.0. The Morgan fingerprint density at radius 3 is 2.69 bits per heavy atom. The van der Waals surface area contributed by atoms with Gasteiger partial charge in [0.15, 0.2) is 0 Å². The van der Waals surface area contributed by atoms with E-state index in [4.69, 9.17) is 5.73 Å². The Bertz CT molecular complexity index is 353. The second-order valence-corrected chi connectivity index (χ2v) is 4.02. The molecule has 1 aromatic rings. The zero-order valence-electron chi connectivity index (χ0n) is 9.28. The van der Waals surface area contributed by atoms with Crippen molar-refractivity contribution in [2.75, 3.05) is 31.9 Å². The van der Waals surface area contributed by atoms with Gasteiger partial charge in [0.25, 0.3) is 5.91 Å². The molecule has 1 amide bonds. The molecule has 0 spiro atoms. The summed E-state index contributed by atoms with van der Waals surface area (Å²) in [7, 11) is 0. The topological polar surface area (TPSA) is 58.4 Å². The molecule has 1 aliphatic rings. The fraction of sp³-hybridized carbons (Fsp3) is 0.417. The largest absolute Gasteiger partial charge is 0.399 e. The van der Waals surface area contributed by atoms with Gasteiger partial charge in [0.1, 0.15) is 0 Å². The first-order valence-corrected chi connectivity index (χ1v) is 5.63. The molecule has 4 nitrogen and oxygen atoms in total. The number of anilines is 1.